The highest BCUT2D eigenvalue weighted by atomic mass is 19.3. The molecule has 3 heterocycles. The Morgan fingerprint density at radius 1 is 1.28 bits per heavy atom. The van der Waals surface area contributed by atoms with Crippen molar-refractivity contribution in [2.75, 3.05) is 13.1 Å². The molecule has 29 heavy (non-hydrogen) atoms. The standard InChI is InChI=1S/C21H27F2N3O3/c1-12(26-13(2)18(20(27)28)17-4-3-9-24-19(17)26)14-5-7-15(8-6-14)25-10-16(11-25)29-21(22)23/h3-4,9,12,14-16,21H,5-8,10-11H2,1-2H3,(H,27,28)/t12-,14-,15-/m1/s1. The van der Waals surface area contributed by atoms with Crippen LogP contribution in [0.25, 0.3) is 11.0 Å². The number of hydrogen-bond acceptors (Lipinski definition) is 4. The van der Waals surface area contributed by atoms with Crippen molar-refractivity contribution in [2.24, 2.45) is 5.92 Å². The number of nitrogens with zero attached hydrogens (tertiary/aromatic N) is 3. The summed E-state index contributed by atoms with van der Waals surface area (Å²) in [6.07, 6.45) is 5.45. The van der Waals surface area contributed by atoms with Crippen molar-refractivity contribution in [1.82, 2.24) is 14.5 Å². The van der Waals surface area contributed by atoms with Gasteiger partial charge in [-0.3, -0.25) is 4.90 Å². The van der Waals surface area contributed by atoms with Crippen molar-refractivity contribution in [1.29, 1.82) is 0 Å². The second-order valence-electron chi connectivity index (χ2n) is 8.29. The molecule has 0 unspecified atom stereocenters. The summed E-state index contributed by atoms with van der Waals surface area (Å²) < 4.78 is 31.2. The smallest absolute Gasteiger partial charge is 0.345 e. The maximum Gasteiger partial charge on any atom is 0.345 e. The summed E-state index contributed by atoms with van der Waals surface area (Å²) in [5, 5.41) is 10.4. The second-order valence-corrected chi connectivity index (χ2v) is 8.29. The number of aromatic carboxylic acids is 1. The Kier molecular flexibility index (Phi) is 5.57. The molecule has 1 aliphatic heterocycles. The number of aromatic nitrogens is 2. The van der Waals surface area contributed by atoms with E-state index in [2.05, 4.69) is 26.1 Å². The average molecular weight is 407 g/mol. The molecule has 6 nitrogen and oxygen atoms in total. The third kappa shape index (κ3) is 3.75. The fourth-order valence-corrected chi connectivity index (χ4v) is 5.19. The number of likely N-dealkylation sites (tertiary alicyclic amines) is 1. The third-order valence-electron chi connectivity index (χ3n) is 6.74. The van der Waals surface area contributed by atoms with Crippen LogP contribution in [-0.4, -0.2) is 57.4 Å². The van der Waals surface area contributed by atoms with E-state index in [0.717, 1.165) is 37.0 Å². The molecule has 0 amide bonds. The average Bonchev–Trinajstić information content (AvgIpc) is 2.95. The van der Waals surface area contributed by atoms with E-state index in [-0.39, 0.29) is 12.1 Å². The minimum absolute atomic E-state index is 0.146. The Balaban J connectivity index is 1.44. The number of carboxylic acid groups (broad SMARTS) is 1. The van der Waals surface area contributed by atoms with Crippen LogP contribution in [0.2, 0.25) is 0 Å². The molecular formula is C21H27F2N3O3. The number of fused-ring (bicyclic) bond motifs is 1. The topological polar surface area (TPSA) is 67.6 Å². The normalized spacial score (nSPS) is 24.7. The van der Waals surface area contributed by atoms with Crippen molar-refractivity contribution in [3.8, 4) is 0 Å². The molecule has 4 rings (SSSR count). The summed E-state index contributed by atoms with van der Waals surface area (Å²) in [7, 11) is 0. The predicted molar refractivity (Wildman–Crippen MR) is 104 cm³/mol. The highest BCUT2D eigenvalue weighted by Crippen LogP contribution is 2.39. The van der Waals surface area contributed by atoms with Gasteiger partial charge in [-0.15, -0.1) is 0 Å². The fourth-order valence-electron chi connectivity index (χ4n) is 5.19. The van der Waals surface area contributed by atoms with Gasteiger partial charge in [0.1, 0.15) is 5.65 Å². The monoisotopic (exact) mass is 407 g/mol. The van der Waals surface area contributed by atoms with E-state index in [1.54, 1.807) is 12.3 Å². The van der Waals surface area contributed by atoms with Crippen molar-refractivity contribution in [2.45, 2.75) is 64.3 Å². The quantitative estimate of drug-likeness (QED) is 0.781. The SMILES string of the molecule is Cc1c(C(=O)O)c2cccnc2n1[C@H](C)[C@H]1CC[C@H](N2CC(OC(F)F)C2)CC1. The van der Waals surface area contributed by atoms with Gasteiger partial charge in [-0.1, -0.05) is 0 Å². The van der Waals surface area contributed by atoms with Crippen molar-refractivity contribution >= 4 is 17.0 Å². The van der Waals surface area contributed by atoms with Gasteiger partial charge in [0, 0.05) is 42.5 Å². The molecule has 0 radical (unpaired) electrons. The predicted octanol–water partition coefficient (Wildman–Crippen LogP) is 4.09. The van der Waals surface area contributed by atoms with E-state index >= 15 is 0 Å². The molecule has 2 fully saturated rings. The summed E-state index contributed by atoms with van der Waals surface area (Å²) in [5.74, 6) is -0.493. The fraction of sp³-hybridized carbons (Fsp3) is 0.619. The third-order valence-corrected chi connectivity index (χ3v) is 6.74. The van der Waals surface area contributed by atoms with Crippen molar-refractivity contribution in [3.05, 3.63) is 29.6 Å². The molecule has 8 heteroatoms. The number of pyridine rings is 1. The van der Waals surface area contributed by atoms with Gasteiger partial charge in [-0.05, 0) is 57.6 Å². The lowest BCUT2D eigenvalue weighted by molar-refractivity contribution is -0.202. The molecule has 1 saturated carbocycles. The van der Waals surface area contributed by atoms with Gasteiger partial charge in [-0.2, -0.15) is 8.78 Å². The zero-order chi connectivity index (χ0) is 20.7. The van der Waals surface area contributed by atoms with E-state index in [0.29, 0.717) is 36.0 Å². The minimum Gasteiger partial charge on any atom is -0.478 e. The van der Waals surface area contributed by atoms with Crippen LogP contribution in [0.1, 0.15) is 54.7 Å². The van der Waals surface area contributed by atoms with Gasteiger partial charge in [0.25, 0.3) is 0 Å². The number of ether oxygens (including phenoxy) is 1. The van der Waals surface area contributed by atoms with E-state index in [9.17, 15) is 18.7 Å². The van der Waals surface area contributed by atoms with Crippen LogP contribution in [0.15, 0.2) is 18.3 Å². The van der Waals surface area contributed by atoms with Crippen LogP contribution in [0.4, 0.5) is 8.78 Å². The summed E-state index contributed by atoms with van der Waals surface area (Å²) >= 11 is 0. The van der Waals surface area contributed by atoms with Gasteiger partial charge in [-0.25, -0.2) is 9.78 Å². The molecular weight excluding hydrogens is 380 g/mol. The highest BCUT2D eigenvalue weighted by molar-refractivity contribution is 6.04. The molecule has 0 bridgehead atoms. The summed E-state index contributed by atoms with van der Waals surface area (Å²) in [6, 6.07) is 4.16. The molecule has 2 aromatic rings. The van der Waals surface area contributed by atoms with Crippen molar-refractivity contribution in [3.63, 3.8) is 0 Å². The molecule has 1 aliphatic carbocycles. The van der Waals surface area contributed by atoms with Crippen molar-refractivity contribution < 1.29 is 23.4 Å². The minimum atomic E-state index is -2.69. The second kappa shape index (κ2) is 7.99. The molecule has 1 N–H and O–H groups in total. The van der Waals surface area contributed by atoms with Crippen LogP contribution in [0.5, 0.6) is 0 Å². The molecule has 0 aromatic carbocycles. The van der Waals surface area contributed by atoms with Crippen LogP contribution >= 0.6 is 0 Å². The summed E-state index contributed by atoms with van der Waals surface area (Å²) in [4.78, 5) is 18.5. The van der Waals surface area contributed by atoms with Gasteiger partial charge in [0.05, 0.1) is 11.7 Å². The van der Waals surface area contributed by atoms with Gasteiger partial charge >= 0.3 is 12.6 Å². The molecule has 1 saturated heterocycles. The highest BCUT2D eigenvalue weighted by Gasteiger charge is 2.37. The first-order chi connectivity index (χ1) is 13.9. The first-order valence-electron chi connectivity index (χ1n) is 10.2. The number of alkyl halides is 2. The van der Waals surface area contributed by atoms with Gasteiger partial charge in [0.15, 0.2) is 0 Å². The number of carboxylic acids is 1. The van der Waals surface area contributed by atoms with Crippen LogP contribution in [0.3, 0.4) is 0 Å². The Labute approximate surface area is 168 Å². The van der Waals surface area contributed by atoms with E-state index in [1.165, 1.54) is 0 Å². The Hall–Kier alpha value is -2.06. The number of hydrogen-bond donors (Lipinski definition) is 1. The zero-order valence-electron chi connectivity index (χ0n) is 16.7. The lowest BCUT2D eigenvalue weighted by Crippen LogP contribution is -2.57. The number of rotatable bonds is 6. The van der Waals surface area contributed by atoms with Crippen LogP contribution < -0.4 is 0 Å². The number of halogens is 2. The Bertz CT molecular complexity index is 887. The maximum atomic E-state index is 12.3. The first kappa shape index (κ1) is 20.2. The molecule has 158 valence electrons. The Morgan fingerprint density at radius 3 is 2.59 bits per heavy atom. The van der Waals surface area contributed by atoms with E-state index in [4.69, 9.17) is 0 Å². The van der Waals surface area contributed by atoms with E-state index in [1.807, 2.05) is 13.0 Å². The zero-order valence-corrected chi connectivity index (χ0v) is 16.7. The molecule has 0 spiro atoms. The first-order valence-corrected chi connectivity index (χ1v) is 10.2. The molecule has 2 aromatic heterocycles. The summed E-state index contributed by atoms with van der Waals surface area (Å²) in [6.45, 7) is 2.48. The van der Waals surface area contributed by atoms with Crippen LogP contribution in [-0.2, 0) is 4.74 Å². The molecule has 1 atom stereocenters. The van der Waals surface area contributed by atoms with E-state index < -0.39 is 12.6 Å². The lowest BCUT2D eigenvalue weighted by atomic mass is 9.80. The summed E-state index contributed by atoms with van der Waals surface area (Å²) in [5.41, 5.74) is 1.81. The van der Waals surface area contributed by atoms with Gasteiger partial charge < -0.3 is 14.4 Å². The largest absolute Gasteiger partial charge is 0.478 e. The number of carbonyl (C=O) groups is 1. The maximum absolute atomic E-state index is 12.3. The van der Waals surface area contributed by atoms with Crippen LogP contribution in [0, 0.1) is 12.8 Å². The lowest BCUT2D eigenvalue weighted by Gasteiger charge is -2.46. The Morgan fingerprint density at radius 2 is 1.97 bits per heavy atom. The van der Waals surface area contributed by atoms with Gasteiger partial charge in [0.2, 0.25) is 0 Å². The molecule has 2 aliphatic rings.